The highest BCUT2D eigenvalue weighted by molar-refractivity contribution is 9.10. The largest absolute Gasteiger partial charge is 0.352 e. The maximum Gasteiger partial charge on any atom is 0.251 e. The Bertz CT molecular complexity index is 1240. The molecule has 2 aromatic carbocycles. The molecule has 0 aromatic heterocycles. The number of carbonyl (C=O) groups is 1. The third-order valence-electron chi connectivity index (χ3n) is 9.56. The Morgan fingerprint density at radius 1 is 1.10 bits per heavy atom. The van der Waals surface area contributed by atoms with Crippen LogP contribution in [-0.4, -0.2) is 54.5 Å². The van der Waals surface area contributed by atoms with Crippen molar-refractivity contribution in [2.24, 2.45) is 28.2 Å². The molecule has 40 heavy (non-hydrogen) atoms. The zero-order valence-corrected chi connectivity index (χ0v) is 25.9. The van der Waals surface area contributed by atoms with Crippen molar-refractivity contribution >= 4 is 33.5 Å². The minimum atomic E-state index is -0.270. The molecule has 216 valence electrons. The first-order valence-electron chi connectivity index (χ1n) is 14.7. The summed E-state index contributed by atoms with van der Waals surface area (Å²) < 4.78 is 14.8. The van der Waals surface area contributed by atoms with E-state index in [1.807, 2.05) is 30.3 Å². The number of aliphatic imine (C=N–C) groups is 1. The van der Waals surface area contributed by atoms with Gasteiger partial charge in [0.25, 0.3) is 5.91 Å². The lowest BCUT2D eigenvalue weighted by Gasteiger charge is -2.61. The van der Waals surface area contributed by atoms with E-state index in [0.717, 1.165) is 43.0 Å². The number of guanidine groups is 1. The average molecular weight is 613 g/mol. The Balaban J connectivity index is 1.25. The Kier molecular flexibility index (Phi) is 8.58. The molecule has 1 saturated heterocycles. The number of nitrogens with one attached hydrogen (secondary N) is 3. The molecule has 0 unspecified atom stereocenters. The highest BCUT2D eigenvalue weighted by Gasteiger charge is 2.56. The molecule has 0 radical (unpaired) electrons. The lowest BCUT2D eigenvalue weighted by atomic mass is 9.45. The maximum atomic E-state index is 14.1. The number of rotatable bonds is 6. The van der Waals surface area contributed by atoms with Gasteiger partial charge in [0.1, 0.15) is 5.82 Å². The van der Waals surface area contributed by atoms with Gasteiger partial charge in [0, 0.05) is 47.4 Å². The number of piperazine rings is 1. The summed E-state index contributed by atoms with van der Waals surface area (Å²) in [5.74, 6) is 2.55. The SMILES string of the molecule is C[C@H]1[C@@H](N=C(Nc2ccc(C(=O)NCCc3ccc(Br)cc3F)cc2)N2C[C@@H](C)N[C@@H](C)C2)C[C@@H]2C[C@@H]1C2(C)C. The smallest absolute Gasteiger partial charge is 0.251 e. The van der Waals surface area contributed by atoms with Crippen LogP contribution >= 0.6 is 15.9 Å². The molecule has 3 N–H and O–H groups in total. The molecule has 3 aliphatic carbocycles. The van der Waals surface area contributed by atoms with E-state index in [4.69, 9.17) is 4.99 Å². The fourth-order valence-electron chi connectivity index (χ4n) is 7.11. The maximum absolute atomic E-state index is 14.1. The molecule has 2 aromatic rings. The fourth-order valence-corrected chi connectivity index (χ4v) is 7.45. The number of nitrogens with zero attached hydrogens (tertiary/aromatic N) is 2. The van der Waals surface area contributed by atoms with Crippen LogP contribution in [0.4, 0.5) is 10.1 Å². The van der Waals surface area contributed by atoms with Crippen molar-refractivity contribution in [1.82, 2.24) is 15.5 Å². The first-order valence-corrected chi connectivity index (χ1v) is 15.5. The molecule has 1 amide bonds. The van der Waals surface area contributed by atoms with Crippen molar-refractivity contribution in [2.75, 3.05) is 25.0 Å². The number of carbonyl (C=O) groups excluding carboxylic acids is 1. The Morgan fingerprint density at radius 2 is 1.80 bits per heavy atom. The van der Waals surface area contributed by atoms with Gasteiger partial charge in [-0.1, -0.05) is 42.8 Å². The predicted octanol–water partition coefficient (Wildman–Crippen LogP) is 6.08. The minimum Gasteiger partial charge on any atom is -0.352 e. The Morgan fingerprint density at radius 3 is 2.42 bits per heavy atom. The molecule has 2 bridgehead atoms. The van der Waals surface area contributed by atoms with Crippen molar-refractivity contribution in [3.05, 3.63) is 63.9 Å². The summed E-state index contributed by atoms with van der Waals surface area (Å²) >= 11 is 3.27. The van der Waals surface area contributed by atoms with Crippen LogP contribution in [-0.2, 0) is 6.42 Å². The molecule has 1 heterocycles. The fraction of sp³-hybridized carbons (Fsp3) is 0.562. The molecule has 8 heteroatoms. The summed E-state index contributed by atoms with van der Waals surface area (Å²) in [5, 5.41) is 10.2. The van der Waals surface area contributed by atoms with Crippen molar-refractivity contribution < 1.29 is 9.18 Å². The summed E-state index contributed by atoms with van der Waals surface area (Å²) in [6.07, 6.45) is 2.92. The van der Waals surface area contributed by atoms with Crippen LogP contribution in [0, 0.1) is 29.0 Å². The number of amides is 1. The second-order valence-corrected chi connectivity index (χ2v) is 13.7. The molecule has 4 fully saturated rings. The van der Waals surface area contributed by atoms with Crippen LogP contribution in [0.25, 0.3) is 0 Å². The van der Waals surface area contributed by atoms with Crippen LogP contribution in [0.2, 0.25) is 0 Å². The van der Waals surface area contributed by atoms with Crippen LogP contribution in [0.1, 0.15) is 63.4 Å². The Labute approximate surface area is 246 Å². The van der Waals surface area contributed by atoms with Gasteiger partial charge in [-0.05, 0) is 98.2 Å². The molecular formula is C32H43BrFN5O. The third kappa shape index (κ3) is 6.23. The summed E-state index contributed by atoms with van der Waals surface area (Å²) in [5.41, 5.74) is 2.51. The third-order valence-corrected chi connectivity index (χ3v) is 10.1. The van der Waals surface area contributed by atoms with Gasteiger partial charge in [-0.25, -0.2) is 9.38 Å². The van der Waals surface area contributed by atoms with Gasteiger partial charge in [-0.2, -0.15) is 0 Å². The van der Waals surface area contributed by atoms with Crippen molar-refractivity contribution in [2.45, 2.75) is 72.0 Å². The number of fused-ring (bicyclic) bond motifs is 2. The number of hydrogen-bond acceptors (Lipinski definition) is 3. The highest BCUT2D eigenvalue weighted by Crippen LogP contribution is 2.61. The topological polar surface area (TPSA) is 68.8 Å². The van der Waals surface area contributed by atoms with Gasteiger partial charge < -0.3 is 20.9 Å². The van der Waals surface area contributed by atoms with Gasteiger partial charge in [0.2, 0.25) is 0 Å². The predicted molar refractivity (Wildman–Crippen MR) is 164 cm³/mol. The molecule has 4 aliphatic rings. The molecule has 6 nitrogen and oxygen atoms in total. The lowest BCUT2D eigenvalue weighted by Crippen LogP contribution is -2.59. The van der Waals surface area contributed by atoms with Crippen LogP contribution in [0.3, 0.4) is 0 Å². The van der Waals surface area contributed by atoms with Crippen LogP contribution in [0.5, 0.6) is 0 Å². The Hall–Kier alpha value is -2.45. The van der Waals surface area contributed by atoms with E-state index in [1.165, 1.54) is 12.5 Å². The van der Waals surface area contributed by atoms with E-state index in [0.29, 0.717) is 58.0 Å². The molecule has 6 rings (SSSR count). The number of benzene rings is 2. The molecule has 6 atom stereocenters. The zero-order chi connectivity index (χ0) is 28.6. The van der Waals surface area contributed by atoms with Gasteiger partial charge in [-0.15, -0.1) is 0 Å². The monoisotopic (exact) mass is 611 g/mol. The van der Waals surface area contributed by atoms with E-state index in [-0.39, 0.29) is 11.7 Å². The van der Waals surface area contributed by atoms with Gasteiger partial charge in [0.15, 0.2) is 5.96 Å². The molecule has 3 saturated carbocycles. The van der Waals surface area contributed by atoms with Crippen LogP contribution in [0.15, 0.2) is 51.9 Å². The van der Waals surface area contributed by atoms with E-state index in [9.17, 15) is 9.18 Å². The average Bonchev–Trinajstić information content (AvgIpc) is 2.90. The molecular weight excluding hydrogens is 569 g/mol. The van der Waals surface area contributed by atoms with Crippen molar-refractivity contribution in [1.29, 1.82) is 0 Å². The van der Waals surface area contributed by atoms with Gasteiger partial charge >= 0.3 is 0 Å². The summed E-state index contributed by atoms with van der Waals surface area (Å²) in [7, 11) is 0. The quantitative estimate of drug-likeness (QED) is 0.273. The molecule has 1 aliphatic heterocycles. The number of anilines is 1. The highest BCUT2D eigenvalue weighted by atomic mass is 79.9. The number of hydrogen-bond donors (Lipinski definition) is 3. The summed E-state index contributed by atoms with van der Waals surface area (Å²) in [6, 6.07) is 13.6. The lowest BCUT2D eigenvalue weighted by molar-refractivity contribution is -0.108. The van der Waals surface area contributed by atoms with E-state index < -0.39 is 0 Å². The van der Waals surface area contributed by atoms with E-state index >= 15 is 0 Å². The van der Waals surface area contributed by atoms with Crippen LogP contribution < -0.4 is 16.0 Å². The van der Waals surface area contributed by atoms with Crippen molar-refractivity contribution in [3.63, 3.8) is 0 Å². The van der Waals surface area contributed by atoms with E-state index in [1.54, 1.807) is 6.07 Å². The standard InChI is InChI=1S/C32H43BrFN5O/c1-19-17-39(18-20(2)36-19)31(38-29-15-24-14-27(21(29)3)32(24,4)5)37-26-10-7-23(8-11-26)30(40)35-13-12-22-6-9-25(33)16-28(22)34/h6-11,16,19-21,24,27,29,36H,12-15,17-18H2,1-5H3,(H,35,40)(H,37,38)/t19-,20+,21-,24+,27+,29+/m1/s1. The normalized spacial score (nSPS) is 29.5. The molecule has 0 spiro atoms. The second kappa shape index (κ2) is 11.8. The second-order valence-electron chi connectivity index (χ2n) is 12.8. The first kappa shape index (κ1) is 29.1. The van der Waals surface area contributed by atoms with Crippen molar-refractivity contribution in [3.8, 4) is 0 Å². The van der Waals surface area contributed by atoms with Gasteiger partial charge in [0.05, 0.1) is 6.04 Å². The van der Waals surface area contributed by atoms with E-state index in [2.05, 4.69) is 71.4 Å². The first-order chi connectivity index (χ1) is 19.0. The number of halogens is 2. The minimum absolute atomic E-state index is 0.166. The summed E-state index contributed by atoms with van der Waals surface area (Å²) in [4.78, 5) is 20.5. The van der Waals surface area contributed by atoms with Gasteiger partial charge in [-0.3, -0.25) is 4.79 Å². The summed E-state index contributed by atoms with van der Waals surface area (Å²) in [6.45, 7) is 13.8. The zero-order valence-electron chi connectivity index (χ0n) is 24.3.